The molecule has 2 aromatic rings. The highest BCUT2D eigenvalue weighted by atomic mass is 35.5. The standard InChI is InChI=1S/C15H19ClN4S/c1-4-20-11(3)12(9-17-20)10(2)18-15(21)19-14-8-6-5-7-13(14)16/h5-10H,4H2,1-3H3,(H2,18,19,21). The number of hydrogen-bond acceptors (Lipinski definition) is 2. The van der Waals surface area contributed by atoms with Crippen molar-refractivity contribution in [3.63, 3.8) is 0 Å². The fraction of sp³-hybridized carbons (Fsp3) is 0.333. The summed E-state index contributed by atoms with van der Waals surface area (Å²) >= 11 is 11.4. The molecule has 1 unspecified atom stereocenters. The Morgan fingerprint density at radius 1 is 1.43 bits per heavy atom. The van der Waals surface area contributed by atoms with Crippen LogP contribution in [-0.2, 0) is 6.54 Å². The fourth-order valence-corrected chi connectivity index (χ4v) is 2.67. The van der Waals surface area contributed by atoms with Crippen molar-refractivity contribution in [1.29, 1.82) is 0 Å². The van der Waals surface area contributed by atoms with Crippen molar-refractivity contribution >= 4 is 34.6 Å². The van der Waals surface area contributed by atoms with Gasteiger partial charge >= 0.3 is 0 Å². The van der Waals surface area contributed by atoms with E-state index in [0.29, 0.717) is 10.1 Å². The molecule has 1 aromatic carbocycles. The van der Waals surface area contributed by atoms with Gasteiger partial charge < -0.3 is 10.6 Å². The zero-order chi connectivity index (χ0) is 15.4. The third kappa shape index (κ3) is 3.74. The van der Waals surface area contributed by atoms with Gasteiger partial charge in [0, 0.05) is 17.8 Å². The molecule has 4 nitrogen and oxygen atoms in total. The van der Waals surface area contributed by atoms with Gasteiger partial charge in [0.2, 0.25) is 0 Å². The first kappa shape index (κ1) is 15.8. The largest absolute Gasteiger partial charge is 0.356 e. The van der Waals surface area contributed by atoms with Crippen LogP contribution in [0.5, 0.6) is 0 Å². The first-order valence-electron chi connectivity index (χ1n) is 6.87. The van der Waals surface area contributed by atoms with Crippen molar-refractivity contribution in [3.05, 3.63) is 46.7 Å². The smallest absolute Gasteiger partial charge is 0.171 e. The summed E-state index contributed by atoms with van der Waals surface area (Å²) in [7, 11) is 0. The predicted octanol–water partition coefficient (Wildman–Crippen LogP) is 3.91. The highest BCUT2D eigenvalue weighted by Crippen LogP contribution is 2.21. The molecule has 6 heteroatoms. The van der Waals surface area contributed by atoms with Crippen LogP contribution in [0.15, 0.2) is 30.5 Å². The maximum atomic E-state index is 6.11. The Balaban J connectivity index is 2.02. The zero-order valence-electron chi connectivity index (χ0n) is 12.4. The highest BCUT2D eigenvalue weighted by Gasteiger charge is 2.14. The lowest BCUT2D eigenvalue weighted by molar-refractivity contribution is 0.633. The van der Waals surface area contributed by atoms with E-state index in [1.165, 1.54) is 0 Å². The Morgan fingerprint density at radius 2 is 2.14 bits per heavy atom. The van der Waals surface area contributed by atoms with Gasteiger partial charge in [-0.1, -0.05) is 23.7 Å². The number of anilines is 1. The first-order valence-corrected chi connectivity index (χ1v) is 7.66. The molecule has 0 saturated carbocycles. The van der Waals surface area contributed by atoms with Gasteiger partial charge in [-0.25, -0.2) is 0 Å². The summed E-state index contributed by atoms with van der Waals surface area (Å²) in [4.78, 5) is 0. The minimum atomic E-state index is 0.0767. The number of benzene rings is 1. The van der Waals surface area contributed by atoms with Crippen LogP contribution in [0, 0.1) is 6.92 Å². The van der Waals surface area contributed by atoms with E-state index in [2.05, 4.69) is 36.5 Å². The molecule has 1 atom stereocenters. The molecule has 0 amide bonds. The molecule has 0 spiro atoms. The Hall–Kier alpha value is -1.59. The van der Waals surface area contributed by atoms with Crippen LogP contribution < -0.4 is 10.6 Å². The number of nitrogens with one attached hydrogen (secondary N) is 2. The van der Waals surface area contributed by atoms with E-state index in [1.54, 1.807) is 0 Å². The van der Waals surface area contributed by atoms with Crippen LogP contribution in [0.25, 0.3) is 0 Å². The Morgan fingerprint density at radius 3 is 2.76 bits per heavy atom. The van der Waals surface area contributed by atoms with Crippen LogP contribution in [0.1, 0.15) is 31.1 Å². The van der Waals surface area contributed by atoms with Gasteiger partial charge in [-0.05, 0) is 45.1 Å². The first-order chi connectivity index (χ1) is 10.0. The molecule has 2 rings (SSSR count). The summed E-state index contributed by atoms with van der Waals surface area (Å²) in [5, 5.41) is 11.9. The Kier molecular flexibility index (Phi) is 5.20. The van der Waals surface area contributed by atoms with E-state index in [0.717, 1.165) is 23.5 Å². The average Bonchev–Trinajstić information content (AvgIpc) is 2.82. The maximum Gasteiger partial charge on any atom is 0.171 e. The number of thiocarbonyl (C=S) groups is 1. The molecule has 0 aliphatic heterocycles. The number of halogens is 1. The monoisotopic (exact) mass is 322 g/mol. The fourth-order valence-electron chi connectivity index (χ4n) is 2.20. The number of rotatable bonds is 4. The molecular formula is C15H19ClN4S. The molecule has 0 radical (unpaired) electrons. The van der Waals surface area contributed by atoms with Gasteiger partial charge in [-0.15, -0.1) is 0 Å². The third-order valence-corrected chi connectivity index (χ3v) is 3.93. The van der Waals surface area contributed by atoms with Gasteiger partial charge in [0.05, 0.1) is 22.9 Å². The van der Waals surface area contributed by atoms with Crippen LogP contribution in [0.3, 0.4) is 0 Å². The summed E-state index contributed by atoms with van der Waals surface area (Å²) in [6, 6.07) is 7.59. The van der Waals surface area contributed by atoms with Gasteiger partial charge in [-0.3, -0.25) is 4.68 Å². The molecule has 21 heavy (non-hydrogen) atoms. The van der Waals surface area contributed by atoms with Crippen molar-refractivity contribution in [2.45, 2.75) is 33.4 Å². The van der Waals surface area contributed by atoms with E-state index in [4.69, 9.17) is 23.8 Å². The molecule has 0 saturated heterocycles. The number of hydrogen-bond donors (Lipinski definition) is 2. The summed E-state index contributed by atoms with van der Waals surface area (Å²) in [5.41, 5.74) is 3.09. The molecule has 0 fully saturated rings. The predicted molar refractivity (Wildman–Crippen MR) is 91.9 cm³/mol. The lowest BCUT2D eigenvalue weighted by Gasteiger charge is -2.17. The Labute approximate surface area is 135 Å². The van der Waals surface area contributed by atoms with Crippen LogP contribution >= 0.6 is 23.8 Å². The molecular weight excluding hydrogens is 304 g/mol. The average molecular weight is 323 g/mol. The SMILES string of the molecule is CCn1ncc(C(C)NC(=S)Nc2ccccc2Cl)c1C. The number of nitrogens with zero attached hydrogens (tertiary/aromatic N) is 2. The van der Waals surface area contributed by atoms with E-state index in [-0.39, 0.29) is 6.04 Å². The zero-order valence-corrected chi connectivity index (χ0v) is 13.9. The number of aryl methyl sites for hydroxylation is 1. The van der Waals surface area contributed by atoms with Crippen molar-refractivity contribution in [1.82, 2.24) is 15.1 Å². The van der Waals surface area contributed by atoms with Crippen LogP contribution in [0.2, 0.25) is 5.02 Å². The molecule has 1 heterocycles. The van der Waals surface area contributed by atoms with Gasteiger partial charge in [0.1, 0.15) is 0 Å². The van der Waals surface area contributed by atoms with Crippen LogP contribution in [0.4, 0.5) is 5.69 Å². The second-order valence-corrected chi connectivity index (χ2v) is 5.62. The lowest BCUT2D eigenvalue weighted by atomic mass is 10.1. The summed E-state index contributed by atoms with van der Waals surface area (Å²) in [6.45, 7) is 7.06. The van der Waals surface area contributed by atoms with Crippen molar-refractivity contribution in [2.24, 2.45) is 0 Å². The topological polar surface area (TPSA) is 41.9 Å². The highest BCUT2D eigenvalue weighted by molar-refractivity contribution is 7.80. The number of aromatic nitrogens is 2. The normalized spacial score (nSPS) is 12.0. The summed E-state index contributed by atoms with van der Waals surface area (Å²) in [6.07, 6.45) is 1.88. The lowest BCUT2D eigenvalue weighted by Crippen LogP contribution is -2.31. The third-order valence-electron chi connectivity index (χ3n) is 3.38. The van der Waals surface area contributed by atoms with Crippen molar-refractivity contribution in [3.8, 4) is 0 Å². The second-order valence-electron chi connectivity index (χ2n) is 4.80. The molecule has 1 aromatic heterocycles. The summed E-state index contributed by atoms with van der Waals surface area (Å²) < 4.78 is 1.97. The quantitative estimate of drug-likeness (QED) is 0.837. The summed E-state index contributed by atoms with van der Waals surface area (Å²) in [5.74, 6) is 0. The second kappa shape index (κ2) is 6.91. The molecule has 2 N–H and O–H groups in total. The minimum absolute atomic E-state index is 0.0767. The van der Waals surface area contributed by atoms with E-state index < -0.39 is 0 Å². The van der Waals surface area contributed by atoms with Crippen molar-refractivity contribution in [2.75, 3.05) is 5.32 Å². The van der Waals surface area contributed by atoms with E-state index >= 15 is 0 Å². The number of para-hydroxylation sites is 1. The Bertz CT molecular complexity index is 638. The molecule has 0 aliphatic carbocycles. The maximum absolute atomic E-state index is 6.11. The molecule has 0 aliphatic rings. The molecule has 0 bridgehead atoms. The molecule has 112 valence electrons. The van der Waals surface area contributed by atoms with E-state index in [9.17, 15) is 0 Å². The minimum Gasteiger partial charge on any atom is -0.356 e. The van der Waals surface area contributed by atoms with E-state index in [1.807, 2.05) is 35.1 Å². The van der Waals surface area contributed by atoms with Gasteiger partial charge in [0.25, 0.3) is 0 Å². The van der Waals surface area contributed by atoms with Gasteiger partial charge in [0.15, 0.2) is 5.11 Å². The van der Waals surface area contributed by atoms with Gasteiger partial charge in [-0.2, -0.15) is 5.10 Å². The van der Waals surface area contributed by atoms with Crippen molar-refractivity contribution < 1.29 is 0 Å². The van der Waals surface area contributed by atoms with Crippen LogP contribution in [-0.4, -0.2) is 14.9 Å².